The van der Waals surface area contributed by atoms with Crippen LogP contribution < -0.4 is 10.6 Å². The lowest BCUT2D eigenvalue weighted by atomic mass is 10.1. The molecule has 0 spiro atoms. The van der Waals surface area contributed by atoms with E-state index in [1.54, 1.807) is 22.7 Å². The van der Waals surface area contributed by atoms with E-state index in [1.807, 2.05) is 14.1 Å². The predicted octanol–water partition coefficient (Wildman–Crippen LogP) is 1.87. The Morgan fingerprint density at radius 2 is 2.27 bits per heavy atom. The van der Waals surface area contributed by atoms with Crippen molar-refractivity contribution in [2.45, 2.75) is 31.3 Å². The minimum atomic E-state index is 0.219. The van der Waals surface area contributed by atoms with E-state index >= 15 is 0 Å². The molecule has 1 unspecified atom stereocenters. The Morgan fingerprint density at radius 1 is 1.50 bits per heavy atom. The van der Waals surface area contributed by atoms with Crippen LogP contribution in [0.3, 0.4) is 0 Å². The Balaban J connectivity index is 1.99. The number of hydrogen-bond acceptors (Lipinski definition) is 6. The van der Waals surface area contributed by atoms with Gasteiger partial charge in [0.2, 0.25) is 5.91 Å². The van der Waals surface area contributed by atoms with E-state index in [4.69, 9.17) is 5.73 Å². The average Bonchev–Trinajstić information content (AvgIpc) is 2.77. The first kappa shape index (κ1) is 16.9. The molecule has 2 rings (SSSR count). The molecule has 1 fully saturated rings. The van der Waals surface area contributed by atoms with Crippen molar-refractivity contribution in [3.63, 3.8) is 0 Å². The number of hydrogen-bond donors (Lipinski definition) is 1. The van der Waals surface area contributed by atoms with Crippen LogP contribution in [0, 0.1) is 5.92 Å². The van der Waals surface area contributed by atoms with Crippen molar-refractivity contribution in [1.29, 1.82) is 0 Å². The molecule has 0 bridgehead atoms. The Hall–Kier alpha value is -1.50. The van der Waals surface area contributed by atoms with Gasteiger partial charge < -0.3 is 15.5 Å². The van der Waals surface area contributed by atoms with E-state index in [-0.39, 0.29) is 5.91 Å². The van der Waals surface area contributed by atoms with Gasteiger partial charge in [0.25, 0.3) is 0 Å². The number of nitrogens with zero attached hydrogens (tertiary/aromatic N) is 4. The Kier molecular flexibility index (Phi) is 5.88. The number of carbonyl (C=O) groups is 1. The zero-order chi connectivity index (χ0) is 16.1. The van der Waals surface area contributed by atoms with Crippen molar-refractivity contribution in [2.24, 2.45) is 5.92 Å². The highest BCUT2D eigenvalue weighted by atomic mass is 32.2. The van der Waals surface area contributed by atoms with Gasteiger partial charge in [-0.15, -0.1) is 0 Å². The summed E-state index contributed by atoms with van der Waals surface area (Å²) in [5.74, 6) is 2.89. The van der Waals surface area contributed by atoms with Crippen LogP contribution in [-0.4, -0.2) is 53.7 Å². The molecule has 1 amide bonds. The molecule has 0 radical (unpaired) electrons. The fourth-order valence-corrected chi connectivity index (χ4v) is 3.50. The SMILES string of the molecule is CCCCSc1nc(N)cc(N(C)CC2CC(=O)N(C)C2)n1. The van der Waals surface area contributed by atoms with Crippen molar-refractivity contribution in [3.05, 3.63) is 6.07 Å². The van der Waals surface area contributed by atoms with Gasteiger partial charge in [0.05, 0.1) is 0 Å². The van der Waals surface area contributed by atoms with E-state index in [0.29, 0.717) is 18.2 Å². The van der Waals surface area contributed by atoms with E-state index in [0.717, 1.165) is 42.7 Å². The summed E-state index contributed by atoms with van der Waals surface area (Å²) in [6.07, 6.45) is 2.91. The Morgan fingerprint density at radius 3 is 2.91 bits per heavy atom. The summed E-state index contributed by atoms with van der Waals surface area (Å²) in [4.78, 5) is 24.3. The molecule has 1 aliphatic rings. The summed E-state index contributed by atoms with van der Waals surface area (Å²) in [5.41, 5.74) is 5.90. The van der Waals surface area contributed by atoms with Crippen molar-refractivity contribution in [3.8, 4) is 0 Å². The standard InChI is InChI=1S/C15H25N5OS/c1-4-5-6-22-15-17-12(16)8-13(18-15)19(2)9-11-7-14(21)20(3)10-11/h8,11H,4-7,9-10H2,1-3H3,(H2,16,17,18). The number of thioether (sulfide) groups is 1. The largest absolute Gasteiger partial charge is 0.383 e. The molecule has 2 N–H and O–H groups in total. The van der Waals surface area contributed by atoms with Gasteiger partial charge in [-0.05, 0) is 6.42 Å². The minimum absolute atomic E-state index is 0.219. The number of amides is 1. The van der Waals surface area contributed by atoms with Crippen molar-refractivity contribution < 1.29 is 4.79 Å². The molecule has 0 aliphatic carbocycles. The lowest BCUT2D eigenvalue weighted by Crippen LogP contribution is -2.28. The highest BCUT2D eigenvalue weighted by Gasteiger charge is 2.27. The third-order valence-electron chi connectivity index (χ3n) is 3.79. The number of likely N-dealkylation sites (tertiary alicyclic amines) is 1. The Bertz CT molecular complexity index is 525. The normalized spacial score (nSPS) is 18.0. The number of carbonyl (C=O) groups excluding carboxylic acids is 1. The maximum Gasteiger partial charge on any atom is 0.222 e. The van der Waals surface area contributed by atoms with Gasteiger partial charge in [-0.3, -0.25) is 4.79 Å². The summed E-state index contributed by atoms with van der Waals surface area (Å²) in [5, 5.41) is 0.731. The van der Waals surface area contributed by atoms with Crippen LogP contribution in [0.5, 0.6) is 0 Å². The zero-order valence-electron chi connectivity index (χ0n) is 13.6. The third-order valence-corrected chi connectivity index (χ3v) is 4.72. The second kappa shape index (κ2) is 7.67. The number of unbranched alkanes of at least 4 members (excludes halogenated alkanes) is 1. The number of aromatic nitrogens is 2. The predicted molar refractivity (Wildman–Crippen MR) is 91.1 cm³/mol. The minimum Gasteiger partial charge on any atom is -0.383 e. The molecule has 6 nitrogen and oxygen atoms in total. The van der Waals surface area contributed by atoms with E-state index in [2.05, 4.69) is 21.8 Å². The van der Waals surface area contributed by atoms with Crippen LogP contribution >= 0.6 is 11.8 Å². The van der Waals surface area contributed by atoms with Crippen molar-refractivity contribution in [1.82, 2.24) is 14.9 Å². The fraction of sp³-hybridized carbons (Fsp3) is 0.667. The summed E-state index contributed by atoms with van der Waals surface area (Å²) in [7, 11) is 3.85. The highest BCUT2D eigenvalue weighted by molar-refractivity contribution is 7.99. The lowest BCUT2D eigenvalue weighted by molar-refractivity contribution is -0.126. The molecule has 0 aromatic carbocycles. The molecule has 1 aliphatic heterocycles. The molecule has 22 heavy (non-hydrogen) atoms. The van der Waals surface area contributed by atoms with Gasteiger partial charge in [0.15, 0.2) is 5.16 Å². The molecular weight excluding hydrogens is 298 g/mol. The van der Waals surface area contributed by atoms with Gasteiger partial charge in [-0.25, -0.2) is 9.97 Å². The molecule has 1 atom stereocenters. The fourth-order valence-electron chi connectivity index (χ4n) is 2.56. The van der Waals surface area contributed by atoms with Crippen LogP contribution in [-0.2, 0) is 4.79 Å². The van der Waals surface area contributed by atoms with E-state index in [1.165, 1.54) is 0 Å². The first-order chi connectivity index (χ1) is 10.5. The average molecular weight is 323 g/mol. The smallest absolute Gasteiger partial charge is 0.222 e. The number of anilines is 2. The molecule has 0 saturated carbocycles. The summed E-state index contributed by atoms with van der Waals surface area (Å²) >= 11 is 1.64. The lowest BCUT2D eigenvalue weighted by Gasteiger charge is -2.22. The summed E-state index contributed by atoms with van der Waals surface area (Å²) in [6, 6.07) is 1.80. The zero-order valence-corrected chi connectivity index (χ0v) is 14.4. The topological polar surface area (TPSA) is 75.3 Å². The third kappa shape index (κ3) is 4.50. The molecule has 122 valence electrons. The molecule has 7 heteroatoms. The highest BCUT2D eigenvalue weighted by Crippen LogP contribution is 2.23. The number of nitrogen functional groups attached to an aromatic ring is 1. The molecule has 1 aromatic heterocycles. The Labute approximate surface area is 136 Å². The van der Waals surface area contributed by atoms with Crippen molar-refractivity contribution in [2.75, 3.05) is 43.6 Å². The molecular formula is C15H25N5OS. The summed E-state index contributed by atoms with van der Waals surface area (Å²) in [6.45, 7) is 3.77. The van der Waals surface area contributed by atoms with Crippen molar-refractivity contribution >= 4 is 29.3 Å². The van der Waals surface area contributed by atoms with Gasteiger partial charge >= 0.3 is 0 Å². The molecule has 1 saturated heterocycles. The van der Waals surface area contributed by atoms with E-state index < -0.39 is 0 Å². The second-order valence-electron chi connectivity index (χ2n) is 5.86. The van der Waals surface area contributed by atoms with Crippen LogP contribution in [0.15, 0.2) is 11.2 Å². The first-order valence-corrected chi connectivity index (χ1v) is 8.70. The van der Waals surface area contributed by atoms with Crippen LogP contribution in [0.2, 0.25) is 0 Å². The quantitative estimate of drug-likeness (QED) is 0.469. The first-order valence-electron chi connectivity index (χ1n) is 7.72. The maximum absolute atomic E-state index is 11.6. The maximum atomic E-state index is 11.6. The van der Waals surface area contributed by atoms with Gasteiger partial charge in [-0.1, -0.05) is 25.1 Å². The number of rotatable bonds is 7. The summed E-state index contributed by atoms with van der Waals surface area (Å²) < 4.78 is 0. The number of nitrogens with two attached hydrogens (primary N) is 1. The second-order valence-corrected chi connectivity index (χ2v) is 6.92. The van der Waals surface area contributed by atoms with E-state index in [9.17, 15) is 4.79 Å². The van der Waals surface area contributed by atoms with Crippen LogP contribution in [0.1, 0.15) is 26.2 Å². The van der Waals surface area contributed by atoms with Gasteiger partial charge in [0, 0.05) is 51.3 Å². The van der Waals surface area contributed by atoms with Gasteiger partial charge in [-0.2, -0.15) is 0 Å². The van der Waals surface area contributed by atoms with Crippen LogP contribution in [0.4, 0.5) is 11.6 Å². The molecule has 1 aromatic rings. The van der Waals surface area contributed by atoms with Gasteiger partial charge in [0.1, 0.15) is 11.6 Å². The monoisotopic (exact) mass is 323 g/mol. The van der Waals surface area contributed by atoms with Crippen LogP contribution in [0.25, 0.3) is 0 Å². The molecule has 2 heterocycles.